The SMILES string of the molecule is Cn1ccnc1SCCNC([O])=O. The van der Waals surface area contributed by atoms with Gasteiger partial charge in [-0.05, 0) is 0 Å². The van der Waals surface area contributed by atoms with E-state index in [2.05, 4.69) is 10.3 Å². The molecule has 0 unspecified atom stereocenters. The number of carbonyl (C=O) groups excluding carboxylic acids is 1. The second kappa shape index (κ2) is 4.76. The van der Waals surface area contributed by atoms with Gasteiger partial charge in [0.1, 0.15) is 0 Å². The van der Waals surface area contributed by atoms with Gasteiger partial charge in [0, 0.05) is 31.7 Å². The van der Waals surface area contributed by atoms with Crippen LogP contribution in [0, 0.1) is 0 Å². The summed E-state index contributed by atoms with van der Waals surface area (Å²) >= 11 is 1.49. The molecule has 1 heterocycles. The number of carbonyl (C=O) groups is 1. The molecule has 0 atom stereocenters. The van der Waals surface area contributed by atoms with E-state index in [4.69, 9.17) is 0 Å². The molecule has 0 saturated heterocycles. The highest BCUT2D eigenvalue weighted by Crippen LogP contribution is 2.12. The van der Waals surface area contributed by atoms with E-state index in [1.807, 2.05) is 17.8 Å². The molecule has 1 aromatic rings. The van der Waals surface area contributed by atoms with Crippen LogP contribution < -0.4 is 5.32 Å². The Labute approximate surface area is 80.2 Å². The third-order valence-corrected chi connectivity index (χ3v) is 2.44. The fourth-order valence-electron chi connectivity index (χ4n) is 0.786. The number of nitrogens with one attached hydrogen (secondary N) is 1. The van der Waals surface area contributed by atoms with Gasteiger partial charge in [0.15, 0.2) is 5.16 Å². The van der Waals surface area contributed by atoms with Crippen LogP contribution in [0.15, 0.2) is 17.6 Å². The van der Waals surface area contributed by atoms with E-state index in [-0.39, 0.29) is 0 Å². The number of thioether (sulfide) groups is 1. The number of aryl methyl sites for hydroxylation is 1. The maximum atomic E-state index is 9.98. The Bertz CT molecular complexity index is 287. The quantitative estimate of drug-likeness (QED) is 0.573. The molecule has 0 fully saturated rings. The van der Waals surface area contributed by atoms with Crippen LogP contribution in [0.5, 0.6) is 0 Å². The van der Waals surface area contributed by atoms with E-state index < -0.39 is 6.09 Å². The normalized spacial score (nSPS) is 9.92. The van der Waals surface area contributed by atoms with Gasteiger partial charge >= 0.3 is 6.09 Å². The molecule has 1 N–H and O–H groups in total. The fraction of sp³-hybridized carbons (Fsp3) is 0.429. The molecular weight excluding hydrogens is 190 g/mol. The van der Waals surface area contributed by atoms with Crippen LogP contribution in [0.3, 0.4) is 0 Å². The zero-order chi connectivity index (χ0) is 9.68. The van der Waals surface area contributed by atoms with Gasteiger partial charge in [0.2, 0.25) is 0 Å². The van der Waals surface area contributed by atoms with Crippen LogP contribution in [0.2, 0.25) is 0 Å². The molecule has 71 valence electrons. The Morgan fingerprint density at radius 2 is 2.54 bits per heavy atom. The van der Waals surface area contributed by atoms with Gasteiger partial charge in [0.25, 0.3) is 0 Å². The molecule has 13 heavy (non-hydrogen) atoms. The zero-order valence-electron chi connectivity index (χ0n) is 7.19. The average molecular weight is 200 g/mol. The van der Waals surface area contributed by atoms with E-state index >= 15 is 0 Å². The summed E-state index contributed by atoms with van der Waals surface area (Å²) in [6.07, 6.45) is 2.31. The summed E-state index contributed by atoms with van der Waals surface area (Å²) in [5, 5.41) is 13.0. The van der Waals surface area contributed by atoms with Crippen LogP contribution in [-0.4, -0.2) is 27.9 Å². The van der Waals surface area contributed by atoms with Gasteiger partial charge in [-0.25, -0.2) is 14.9 Å². The Kier molecular flexibility index (Phi) is 3.63. The molecule has 1 radical (unpaired) electrons. The minimum Gasteiger partial charge on any atom is -0.329 e. The molecule has 0 bridgehead atoms. The topological polar surface area (TPSA) is 66.8 Å². The first-order chi connectivity index (χ1) is 6.20. The highest BCUT2D eigenvalue weighted by Gasteiger charge is 2.00. The number of nitrogens with zero attached hydrogens (tertiary/aromatic N) is 2. The van der Waals surface area contributed by atoms with E-state index in [1.165, 1.54) is 11.8 Å². The van der Waals surface area contributed by atoms with Crippen molar-refractivity contribution in [2.45, 2.75) is 5.16 Å². The predicted octanol–water partition coefficient (Wildman–Crippen LogP) is 0.652. The summed E-state index contributed by atoms with van der Waals surface area (Å²) in [6.45, 7) is 0.375. The summed E-state index contributed by atoms with van der Waals surface area (Å²) in [5.74, 6) is 0.652. The van der Waals surface area contributed by atoms with Crippen LogP contribution in [-0.2, 0) is 12.2 Å². The third kappa shape index (κ3) is 3.37. The van der Waals surface area contributed by atoms with E-state index in [1.54, 1.807) is 6.20 Å². The maximum absolute atomic E-state index is 9.98. The largest absolute Gasteiger partial charge is 0.450 e. The van der Waals surface area contributed by atoms with Gasteiger partial charge in [-0.3, -0.25) is 0 Å². The first-order valence-electron chi connectivity index (χ1n) is 3.75. The van der Waals surface area contributed by atoms with Crippen molar-refractivity contribution < 1.29 is 9.90 Å². The molecule has 1 rings (SSSR count). The van der Waals surface area contributed by atoms with Gasteiger partial charge in [0.05, 0.1) is 0 Å². The number of hydrogen-bond donors (Lipinski definition) is 1. The Morgan fingerprint density at radius 1 is 1.77 bits per heavy atom. The van der Waals surface area contributed by atoms with Crippen molar-refractivity contribution >= 4 is 17.9 Å². The lowest BCUT2D eigenvalue weighted by Crippen LogP contribution is -2.22. The molecule has 0 aromatic carbocycles. The van der Waals surface area contributed by atoms with Crippen molar-refractivity contribution in [2.24, 2.45) is 7.05 Å². The van der Waals surface area contributed by atoms with Crippen molar-refractivity contribution in [2.75, 3.05) is 12.3 Å². The summed E-state index contributed by atoms with van der Waals surface area (Å²) in [7, 11) is 1.89. The van der Waals surface area contributed by atoms with Crippen LogP contribution in [0.1, 0.15) is 0 Å². The smallest absolute Gasteiger partial charge is 0.329 e. The summed E-state index contributed by atoms with van der Waals surface area (Å²) in [5.41, 5.74) is 0. The van der Waals surface area contributed by atoms with Crippen molar-refractivity contribution in [3.63, 3.8) is 0 Å². The molecule has 0 aliphatic heterocycles. The highest BCUT2D eigenvalue weighted by molar-refractivity contribution is 7.99. The van der Waals surface area contributed by atoms with Gasteiger partial charge in [-0.1, -0.05) is 11.8 Å². The number of rotatable bonds is 4. The van der Waals surface area contributed by atoms with Crippen molar-refractivity contribution in [3.05, 3.63) is 12.4 Å². The lowest BCUT2D eigenvalue weighted by Gasteiger charge is -2.00. The number of imidazole rings is 1. The average Bonchev–Trinajstić information content (AvgIpc) is 2.45. The van der Waals surface area contributed by atoms with Crippen LogP contribution in [0.25, 0.3) is 0 Å². The van der Waals surface area contributed by atoms with Crippen molar-refractivity contribution in [3.8, 4) is 0 Å². The minimum atomic E-state index is -1.24. The Hall–Kier alpha value is -1.17. The van der Waals surface area contributed by atoms with Gasteiger partial charge in [-0.15, -0.1) is 0 Å². The maximum Gasteiger partial charge on any atom is 0.450 e. The number of aromatic nitrogens is 2. The molecule has 6 heteroatoms. The summed E-state index contributed by atoms with van der Waals surface area (Å²) in [6, 6.07) is 0. The standard InChI is InChI=1S/C7H10N3O2S/c1-10-4-2-8-6(10)13-5-3-9-7(11)12/h2,4,9H,3,5H2,1H3. The predicted molar refractivity (Wildman–Crippen MR) is 48.0 cm³/mol. The fourth-order valence-corrected chi connectivity index (χ4v) is 1.57. The molecule has 0 aliphatic rings. The summed E-state index contributed by atoms with van der Waals surface area (Å²) in [4.78, 5) is 14.0. The van der Waals surface area contributed by atoms with Gasteiger partial charge in [-0.2, -0.15) is 0 Å². The van der Waals surface area contributed by atoms with Crippen molar-refractivity contribution in [1.29, 1.82) is 0 Å². The van der Waals surface area contributed by atoms with E-state index in [0.29, 0.717) is 12.3 Å². The highest BCUT2D eigenvalue weighted by atomic mass is 32.2. The molecule has 5 nitrogen and oxygen atoms in total. The third-order valence-electron chi connectivity index (χ3n) is 1.38. The first-order valence-corrected chi connectivity index (χ1v) is 4.73. The summed E-state index contributed by atoms with van der Waals surface area (Å²) < 4.78 is 1.88. The molecule has 0 spiro atoms. The number of hydrogen-bond acceptors (Lipinski definition) is 3. The van der Waals surface area contributed by atoms with Gasteiger partial charge < -0.3 is 9.88 Å². The number of amides is 1. The van der Waals surface area contributed by atoms with E-state index in [0.717, 1.165) is 5.16 Å². The first kappa shape index (κ1) is 9.91. The minimum absolute atomic E-state index is 0.375. The van der Waals surface area contributed by atoms with Crippen molar-refractivity contribution in [1.82, 2.24) is 14.9 Å². The second-order valence-corrected chi connectivity index (χ2v) is 3.45. The Morgan fingerprint density at radius 3 is 3.08 bits per heavy atom. The lowest BCUT2D eigenvalue weighted by molar-refractivity contribution is 0.169. The lowest BCUT2D eigenvalue weighted by atomic mass is 10.7. The molecular formula is C7H10N3O2S. The molecule has 0 saturated carbocycles. The monoisotopic (exact) mass is 200 g/mol. The zero-order valence-corrected chi connectivity index (χ0v) is 8.00. The molecule has 1 amide bonds. The second-order valence-electron chi connectivity index (χ2n) is 2.38. The molecule has 1 aromatic heterocycles. The van der Waals surface area contributed by atoms with Crippen LogP contribution in [0.4, 0.5) is 4.79 Å². The molecule has 0 aliphatic carbocycles. The van der Waals surface area contributed by atoms with Crippen LogP contribution >= 0.6 is 11.8 Å². The van der Waals surface area contributed by atoms with E-state index in [9.17, 15) is 9.90 Å². The Balaban J connectivity index is 2.20.